The lowest BCUT2D eigenvalue weighted by atomic mass is 9.41. The summed E-state index contributed by atoms with van der Waals surface area (Å²) < 4.78 is 1.86. The molecule has 7 heteroatoms. The summed E-state index contributed by atoms with van der Waals surface area (Å²) in [6.45, 7) is 5.13. The van der Waals surface area contributed by atoms with Crippen molar-refractivity contribution >= 4 is 6.03 Å². The van der Waals surface area contributed by atoms with Gasteiger partial charge in [-0.15, -0.1) is 5.10 Å². The molecule has 26 heavy (non-hydrogen) atoms. The van der Waals surface area contributed by atoms with Gasteiger partial charge in [0.1, 0.15) is 0 Å². The first kappa shape index (κ1) is 16.5. The molecule has 4 bridgehead atoms. The predicted octanol–water partition coefficient (Wildman–Crippen LogP) is 1.93. The van der Waals surface area contributed by atoms with Crippen LogP contribution in [0.5, 0.6) is 0 Å². The van der Waals surface area contributed by atoms with E-state index >= 15 is 0 Å². The number of urea groups is 1. The minimum Gasteiger partial charge on any atom is -0.390 e. The van der Waals surface area contributed by atoms with Crippen LogP contribution in [0.2, 0.25) is 0 Å². The van der Waals surface area contributed by atoms with Crippen molar-refractivity contribution in [1.82, 2.24) is 25.6 Å². The summed E-state index contributed by atoms with van der Waals surface area (Å²) in [5.74, 6) is 0. The fourth-order valence-corrected chi connectivity index (χ4v) is 7.39. The highest BCUT2D eigenvalue weighted by Gasteiger charge is 2.65. The van der Waals surface area contributed by atoms with Crippen LogP contribution in [-0.4, -0.2) is 43.8 Å². The Labute approximate surface area is 153 Å². The van der Waals surface area contributed by atoms with E-state index in [9.17, 15) is 9.90 Å². The van der Waals surface area contributed by atoms with E-state index in [0.29, 0.717) is 13.0 Å². The van der Waals surface area contributed by atoms with Crippen LogP contribution in [0.3, 0.4) is 0 Å². The highest BCUT2D eigenvalue weighted by molar-refractivity contribution is 5.75. The zero-order chi connectivity index (χ0) is 18.3. The van der Waals surface area contributed by atoms with Crippen LogP contribution in [0, 0.1) is 10.8 Å². The third kappa shape index (κ3) is 2.54. The normalized spacial score (nSPS) is 44.7. The minimum atomic E-state index is -0.621. The quantitative estimate of drug-likeness (QED) is 0.766. The second-order valence-electron chi connectivity index (χ2n) is 10.6. The van der Waals surface area contributed by atoms with Crippen LogP contribution in [-0.2, 0) is 5.54 Å². The van der Waals surface area contributed by atoms with Gasteiger partial charge in [0.05, 0.1) is 17.3 Å². The fourth-order valence-electron chi connectivity index (χ4n) is 7.39. The molecule has 7 nitrogen and oxygen atoms in total. The van der Waals surface area contributed by atoms with Crippen molar-refractivity contribution in [2.45, 2.75) is 81.9 Å². The van der Waals surface area contributed by atoms with E-state index in [2.05, 4.69) is 34.8 Å². The second kappa shape index (κ2) is 4.80. The Morgan fingerprint density at radius 3 is 2.35 bits per heavy atom. The third-order valence-corrected chi connectivity index (χ3v) is 7.26. The second-order valence-corrected chi connectivity index (χ2v) is 10.6. The molecule has 142 valence electrons. The van der Waals surface area contributed by atoms with Crippen LogP contribution >= 0.6 is 0 Å². The Morgan fingerprint density at radius 1 is 1.12 bits per heavy atom. The first-order chi connectivity index (χ1) is 12.2. The summed E-state index contributed by atoms with van der Waals surface area (Å²) in [5, 5.41) is 25.5. The van der Waals surface area contributed by atoms with Gasteiger partial charge in [-0.3, -0.25) is 0 Å². The monoisotopic (exact) mass is 359 g/mol. The first-order valence-electron chi connectivity index (χ1n) is 9.81. The number of hydrogen-bond donors (Lipinski definition) is 3. The zero-order valence-electron chi connectivity index (χ0n) is 15.7. The Bertz CT molecular complexity index is 688. The number of aliphatic hydroxyl groups is 1. The summed E-state index contributed by atoms with van der Waals surface area (Å²) >= 11 is 0. The average molecular weight is 359 g/mol. The molecule has 5 saturated carbocycles. The van der Waals surface area contributed by atoms with E-state index in [1.807, 2.05) is 10.9 Å². The molecule has 0 radical (unpaired) electrons. The molecule has 1 aromatic rings. The molecule has 5 aliphatic carbocycles. The smallest absolute Gasteiger partial charge is 0.315 e. The van der Waals surface area contributed by atoms with Crippen LogP contribution in [0.1, 0.15) is 65.2 Å². The summed E-state index contributed by atoms with van der Waals surface area (Å²) in [6, 6.07) is -0.117. The molecular formula is C19H29N5O2. The van der Waals surface area contributed by atoms with Gasteiger partial charge >= 0.3 is 6.03 Å². The largest absolute Gasteiger partial charge is 0.390 e. The first-order valence-corrected chi connectivity index (χ1v) is 9.81. The van der Waals surface area contributed by atoms with Gasteiger partial charge in [0.25, 0.3) is 0 Å². The average Bonchev–Trinajstić information content (AvgIpc) is 3.03. The van der Waals surface area contributed by atoms with Crippen LogP contribution in [0.25, 0.3) is 0 Å². The van der Waals surface area contributed by atoms with Gasteiger partial charge in [-0.05, 0) is 62.2 Å². The summed E-state index contributed by atoms with van der Waals surface area (Å²) in [5.41, 5.74) is -0.746. The van der Waals surface area contributed by atoms with Gasteiger partial charge in [-0.25, -0.2) is 9.48 Å². The van der Waals surface area contributed by atoms with Crippen molar-refractivity contribution in [3.8, 4) is 0 Å². The van der Waals surface area contributed by atoms with E-state index in [1.165, 1.54) is 0 Å². The lowest BCUT2D eigenvalue weighted by Gasteiger charge is -2.68. The van der Waals surface area contributed by atoms with E-state index < -0.39 is 5.60 Å². The number of rotatable bonds is 4. The molecule has 2 atom stereocenters. The van der Waals surface area contributed by atoms with Crippen molar-refractivity contribution in [2.75, 3.05) is 6.54 Å². The van der Waals surface area contributed by atoms with Gasteiger partial charge in [0.15, 0.2) is 0 Å². The molecule has 0 spiro atoms. The molecule has 0 aliphatic heterocycles. The molecule has 0 saturated heterocycles. The molecule has 5 aliphatic rings. The van der Waals surface area contributed by atoms with Gasteiger partial charge in [-0.1, -0.05) is 19.1 Å². The van der Waals surface area contributed by atoms with Gasteiger partial charge < -0.3 is 15.7 Å². The van der Waals surface area contributed by atoms with Crippen LogP contribution in [0.4, 0.5) is 4.79 Å². The number of carbonyl (C=O) groups is 1. The van der Waals surface area contributed by atoms with Crippen molar-refractivity contribution in [1.29, 1.82) is 0 Å². The van der Waals surface area contributed by atoms with Crippen LogP contribution < -0.4 is 10.6 Å². The molecule has 5 fully saturated rings. The number of aromatic nitrogens is 3. The predicted molar refractivity (Wildman–Crippen MR) is 95.4 cm³/mol. The van der Waals surface area contributed by atoms with E-state index in [-0.39, 0.29) is 27.9 Å². The standard InChI is InChI=1S/C19H29N5O2/c1-15-7-16(2)9-17(8-15,12-19(26,10-15)11-16)22-14(25)20-13-18(3-4-18)24-6-5-21-23-24/h5-6,26H,3-4,7-13H2,1-2H3,(H2,20,22,25). The maximum absolute atomic E-state index is 12.7. The van der Waals surface area contributed by atoms with Crippen molar-refractivity contribution in [2.24, 2.45) is 10.8 Å². The highest BCUT2D eigenvalue weighted by Crippen LogP contribution is 2.67. The Kier molecular flexibility index (Phi) is 3.05. The molecule has 1 heterocycles. The molecule has 1 aromatic heterocycles. The lowest BCUT2D eigenvalue weighted by Crippen LogP contribution is -2.71. The number of hydrogen-bond acceptors (Lipinski definition) is 4. The maximum atomic E-state index is 12.7. The fraction of sp³-hybridized carbons (Fsp3) is 0.842. The molecular weight excluding hydrogens is 330 g/mol. The highest BCUT2D eigenvalue weighted by atomic mass is 16.3. The Balaban J connectivity index is 1.28. The zero-order valence-corrected chi connectivity index (χ0v) is 15.7. The molecule has 2 amide bonds. The van der Waals surface area contributed by atoms with Crippen molar-refractivity contribution in [3.63, 3.8) is 0 Å². The SMILES string of the molecule is CC12CC3(C)CC(O)(C1)CC(NC(=O)NCC1(n4ccnn4)CC1)(C2)C3. The van der Waals surface area contributed by atoms with Gasteiger partial charge in [-0.2, -0.15) is 0 Å². The van der Waals surface area contributed by atoms with Crippen LogP contribution in [0.15, 0.2) is 12.4 Å². The molecule has 6 rings (SSSR count). The van der Waals surface area contributed by atoms with Crippen molar-refractivity contribution in [3.05, 3.63) is 12.4 Å². The minimum absolute atomic E-state index is 0.106. The van der Waals surface area contributed by atoms with E-state index in [4.69, 9.17) is 0 Å². The Morgan fingerprint density at radius 2 is 1.81 bits per heavy atom. The summed E-state index contributed by atoms with van der Waals surface area (Å²) in [6.07, 6.45) is 11.1. The molecule has 2 unspecified atom stereocenters. The molecule has 3 N–H and O–H groups in total. The number of carbonyl (C=O) groups excluding carboxylic acids is 1. The molecule has 0 aromatic carbocycles. The van der Waals surface area contributed by atoms with Crippen molar-refractivity contribution < 1.29 is 9.90 Å². The Hall–Kier alpha value is -1.63. The third-order valence-electron chi connectivity index (χ3n) is 7.26. The topological polar surface area (TPSA) is 92.1 Å². The number of nitrogens with one attached hydrogen (secondary N) is 2. The van der Waals surface area contributed by atoms with Gasteiger partial charge in [0.2, 0.25) is 0 Å². The van der Waals surface area contributed by atoms with Gasteiger partial charge in [0, 0.05) is 18.3 Å². The van der Waals surface area contributed by atoms with E-state index in [1.54, 1.807) is 6.20 Å². The maximum Gasteiger partial charge on any atom is 0.315 e. The number of amides is 2. The summed E-state index contributed by atoms with van der Waals surface area (Å²) in [4.78, 5) is 12.7. The summed E-state index contributed by atoms with van der Waals surface area (Å²) in [7, 11) is 0. The number of nitrogens with zero attached hydrogens (tertiary/aromatic N) is 3. The lowest BCUT2D eigenvalue weighted by molar-refractivity contribution is -0.201. The van der Waals surface area contributed by atoms with E-state index in [0.717, 1.165) is 44.9 Å².